The Morgan fingerprint density at radius 2 is 2.11 bits per heavy atom. The molecule has 0 unspecified atom stereocenters. The second kappa shape index (κ2) is 5.86. The number of alkyl halides is 3. The first-order valence-corrected chi connectivity index (χ1v) is 5.43. The van der Waals surface area contributed by atoms with Crippen molar-refractivity contribution < 1.29 is 22.7 Å². The van der Waals surface area contributed by atoms with Gasteiger partial charge < -0.3 is 10.5 Å². The Labute approximate surface area is 103 Å². The molecule has 0 radical (unpaired) electrons. The molecule has 2 N–H and O–H groups in total. The summed E-state index contributed by atoms with van der Waals surface area (Å²) in [6, 6.07) is 3.79. The minimum atomic E-state index is -4.40. The number of carbonyl (C=O) groups is 1. The highest BCUT2D eigenvalue weighted by Crippen LogP contribution is 2.29. The molecule has 0 heterocycles. The maximum absolute atomic E-state index is 12.5. The highest BCUT2D eigenvalue weighted by Gasteiger charge is 2.30. The smallest absolute Gasteiger partial charge is 0.416 e. The molecule has 18 heavy (non-hydrogen) atoms. The van der Waals surface area contributed by atoms with E-state index in [1.165, 1.54) is 12.1 Å². The minimum Gasteiger partial charge on any atom is -0.465 e. The third kappa shape index (κ3) is 4.03. The van der Waals surface area contributed by atoms with Crippen LogP contribution in [-0.2, 0) is 22.1 Å². The fraction of sp³-hybridized carbons (Fsp3) is 0.417. The molecule has 6 heteroatoms. The number of ether oxygens (including phenoxy) is 1. The van der Waals surface area contributed by atoms with Crippen LogP contribution in [0.3, 0.4) is 0 Å². The summed E-state index contributed by atoms with van der Waals surface area (Å²) in [5.41, 5.74) is 5.14. The fourth-order valence-corrected chi connectivity index (χ4v) is 1.46. The van der Waals surface area contributed by atoms with Crippen molar-refractivity contribution >= 4 is 5.97 Å². The first-order chi connectivity index (χ1) is 8.34. The van der Waals surface area contributed by atoms with Gasteiger partial charge in [0.25, 0.3) is 0 Å². The molecule has 1 aromatic carbocycles. The lowest BCUT2D eigenvalue weighted by atomic mass is 10.0. The second-order valence-electron chi connectivity index (χ2n) is 3.76. The average Bonchev–Trinajstić information content (AvgIpc) is 2.28. The first kappa shape index (κ1) is 14.5. The Kier molecular flexibility index (Phi) is 4.72. The molecule has 100 valence electrons. The molecular formula is C12H14F3NO2. The van der Waals surface area contributed by atoms with Crippen molar-refractivity contribution in [2.24, 2.45) is 5.73 Å². The van der Waals surface area contributed by atoms with Gasteiger partial charge in [0.05, 0.1) is 12.2 Å². The van der Waals surface area contributed by atoms with Gasteiger partial charge in [-0.3, -0.25) is 4.79 Å². The van der Waals surface area contributed by atoms with E-state index in [-0.39, 0.29) is 13.0 Å². The van der Waals surface area contributed by atoms with Crippen LogP contribution >= 0.6 is 0 Å². The number of benzene rings is 1. The number of hydrogen-bond acceptors (Lipinski definition) is 3. The van der Waals surface area contributed by atoms with Gasteiger partial charge in [0.15, 0.2) is 0 Å². The lowest BCUT2D eigenvalue weighted by Gasteiger charge is -2.12. The van der Waals surface area contributed by atoms with Gasteiger partial charge in [0.2, 0.25) is 0 Å². The summed E-state index contributed by atoms with van der Waals surface area (Å²) < 4.78 is 42.1. The topological polar surface area (TPSA) is 52.3 Å². The quantitative estimate of drug-likeness (QED) is 0.845. The third-order valence-electron chi connectivity index (χ3n) is 2.30. The van der Waals surface area contributed by atoms with E-state index in [9.17, 15) is 18.0 Å². The SMILES string of the molecule is CCOC(=O)[C@@H](N)Cc1cccc(C(F)(F)F)c1. The Morgan fingerprint density at radius 1 is 1.44 bits per heavy atom. The van der Waals surface area contributed by atoms with E-state index < -0.39 is 23.8 Å². The van der Waals surface area contributed by atoms with Crippen molar-refractivity contribution in [1.29, 1.82) is 0 Å². The molecule has 3 nitrogen and oxygen atoms in total. The molecule has 0 aromatic heterocycles. The molecule has 0 aliphatic carbocycles. The van der Waals surface area contributed by atoms with Crippen LogP contribution < -0.4 is 5.73 Å². The van der Waals surface area contributed by atoms with Crippen molar-refractivity contribution in [3.05, 3.63) is 35.4 Å². The van der Waals surface area contributed by atoms with Crippen molar-refractivity contribution in [3.8, 4) is 0 Å². The summed E-state index contributed by atoms with van der Waals surface area (Å²) in [5, 5.41) is 0. The molecule has 0 saturated carbocycles. The van der Waals surface area contributed by atoms with Crippen molar-refractivity contribution in [2.45, 2.75) is 25.6 Å². The van der Waals surface area contributed by atoms with Gasteiger partial charge in [-0.15, -0.1) is 0 Å². The number of rotatable bonds is 4. The van der Waals surface area contributed by atoms with Gasteiger partial charge in [-0.1, -0.05) is 18.2 Å². The van der Waals surface area contributed by atoms with Gasteiger partial charge >= 0.3 is 12.1 Å². The number of halogens is 3. The van der Waals surface area contributed by atoms with Crippen LogP contribution in [-0.4, -0.2) is 18.6 Å². The van der Waals surface area contributed by atoms with E-state index in [0.717, 1.165) is 12.1 Å². The normalized spacial score (nSPS) is 13.2. The van der Waals surface area contributed by atoms with Gasteiger partial charge in [-0.05, 0) is 25.0 Å². The zero-order valence-electron chi connectivity index (χ0n) is 9.83. The third-order valence-corrected chi connectivity index (χ3v) is 2.30. The summed E-state index contributed by atoms with van der Waals surface area (Å²) >= 11 is 0. The van der Waals surface area contributed by atoms with Crippen LogP contribution in [0.1, 0.15) is 18.1 Å². The predicted molar refractivity (Wildman–Crippen MR) is 59.8 cm³/mol. The van der Waals surface area contributed by atoms with E-state index in [1.807, 2.05) is 0 Å². The molecule has 0 bridgehead atoms. The Morgan fingerprint density at radius 3 is 2.67 bits per heavy atom. The Balaban J connectivity index is 2.76. The van der Waals surface area contributed by atoms with Gasteiger partial charge in [0.1, 0.15) is 6.04 Å². The fourth-order valence-electron chi connectivity index (χ4n) is 1.46. The minimum absolute atomic E-state index is 0.0166. The van der Waals surface area contributed by atoms with Crippen molar-refractivity contribution in [1.82, 2.24) is 0 Å². The van der Waals surface area contributed by atoms with E-state index >= 15 is 0 Å². The number of nitrogens with two attached hydrogens (primary N) is 1. The monoisotopic (exact) mass is 261 g/mol. The number of carbonyl (C=O) groups excluding carboxylic acids is 1. The van der Waals surface area contributed by atoms with Crippen LogP contribution in [0, 0.1) is 0 Å². The summed E-state index contributed by atoms with van der Waals surface area (Å²) in [6.07, 6.45) is -4.38. The van der Waals surface area contributed by atoms with Gasteiger partial charge in [0, 0.05) is 0 Å². The first-order valence-electron chi connectivity index (χ1n) is 5.43. The molecular weight excluding hydrogens is 247 g/mol. The Bertz CT molecular complexity index is 418. The largest absolute Gasteiger partial charge is 0.465 e. The average molecular weight is 261 g/mol. The van der Waals surface area contributed by atoms with Crippen LogP contribution in [0.5, 0.6) is 0 Å². The molecule has 0 amide bonds. The van der Waals surface area contributed by atoms with E-state index in [0.29, 0.717) is 5.56 Å². The number of esters is 1. The van der Waals surface area contributed by atoms with E-state index in [1.54, 1.807) is 6.92 Å². The highest BCUT2D eigenvalue weighted by atomic mass is 19.4. The maximum Gasteiger partial charge on any atom is 0.416 e. The van der Waals surface area contributed by atoms with Crippen LogP contribution in [0.15, 0.2) is 24.3 Å². The van der Waals surface area contributed by atoms with E-state index in [2.05, 4.69) is 4.74 Å². The molecule has 0 saturated heterocycles. The standard InChI is InChI=1S/C12H14F3NO2/c1-2-18-11(17)10(16)7-8-4-3-5-9(6-8)12(13,14)15/h3-6,10H,2,7,16H2,1H3/t10-/m0/s1. The van der Waals surface area contributed by atoms with Gasteiger partial charge in [-0.25, -0.2) is 0 Å². The van der Waals surface area contributed by atoms with Crippen LogP contribution in [0.2, 0.25) is 0 Å². The van der Waals surface area contributed by atoms with E-state index in [4.69, 9.17) is 5.73 Å². The predicted octanol–water partition coefficient (Wildman–Crippen LogP) is 2.14. The van der Waals surface area contributed by atoms with Crippen molar-refractivity contribution in [3.63, 3.8) is 0 Å². The highest BCUT2D eigenvalue weighted by molar-refractivity contribution is 5.75. The van der Waals surface area contributed by atoms with Crippen LogP contribution in [0.4, 0.5) is 13.2 Å². The zero-order valence-corrected chi connectivity index (χ0v) is 9.83. The molecule has 0 aliphatic rings. The Hall–Kier alpha value is -1.56. The molecule has 0 aliphatic heterocycles. The molecule has 0 fully saturated rings. The van der Waals surface area contributed by atoms with Crippen LogP contribution in [0.25, 0.3) is 0 Å². The maximum atomic E-state index is 12.5. The molecule has 1 aromatic rings. The summed E-state index contributed by atoms with van der Waals surface area (Å²) in [7, 11) is 0. The second-order valence-corrected chi connectivity index (χ2v) is 3.76. The molecule has 1 rings (SSSR count). The van der Waals surface area contributed by atoms with Crippen molar-refractivity contribution in [2.75, 3.05) is 6.61 Å². The van der Waals surface area contributed by atoms with Gasteiger partial charge in [-0.2, -0.15) is 13.2 Å². The summed E-state index contributed by atoms with van der Waals surface area (Å²) in [6.45, 7) is 1.82. The lowest BCUT2D eigenvalue weighted by molar-refractivity contribution is -0.144. The lowest BCUT2D eigenvalue weighted by Crippen LogP contribution is -2.34. The number of hydrogen-bond donors (Lipinski definition) is 1. The summed E-state index contributed by atoms with van der Waals surface area (Å²) in [4.78, 5) is 11.3. The molecule has 0 spiro atoms. The zero-order chi connectivity index (χ0) is 13.8. The summed E-state index contributed by atoms with van der Waals surface area (Å²) in [5.74, 6) is -0.616. The molecule has 1 atom stereocenters.